The Morgan fingerprint density at radius 1 is 0.898 bits per heavy atom. The van der Waals surface area contributed by atoms with Gasteiger partial charge in [-0.15, -0.1) is 0 Å². The minimum Gasteiger partial charge on any atom is -0.504 e. The van der Waals surface area contributed by atoms with E-state index in [1.165, 1.54) is 12.1 Å². The third-order valence-corrected chi connectivity index (χ3v) is 16.3. The highest BCUT2D eigenvalue weighted by Gasteiger charge is 2.81. The molecule has 1 aromatic carbocycles. The zero-order valence-corrected chi connectivity index (χ0v) is 29.6. The van der Waals surface area contributed by atoms with Gasteiger partial charge in [-0.3, -0.25) is 4.79 Å². The molecule has 8 rings (SSSR count). The quantitative estimate of drug-likeness (QED) is 0.212. The number of aliphatic hydroxyl groups is 5. The molecule has 1 heterocycles. The Labute approximate surface area is 289 Å². The van der Waals surface area contributed by atoms with Gasteiger partial charge < -0.3 is 40.5 Å². The molecular formula is C40H56O9. The van der Waals surface area contributed by atoms with E-state index < -0.39 is 69.8 Å². The molecule has 7 N–H and O–H groups in total. The van der Waals surface area contributed by atoms with E-state index in [0.29, 0.717) is 24.0 Å². The molecule has 0 aromatic heterocycles. The molecule has 15 atom stereocenters. The molecule has 1 aliphatic heterocycles. The summed E-state index contributed by atoms with van der Waals surface area (Å²) in [6, 6.07) is 4.32. The largest absolute Gasteiger partial charge is 0.504 e. The Balaban J connectivity index is 1.28. The van der Waals surface area contributed by atoms with Crippen molar-refractivity contribution in [2.45, 2.75) is 146 Å². The summed E-state index contributed by atoms with van der Waals surface area (Å²) in [6.07, 6.45) is 4.89. The standard InChI is InChI=1S/C40H56O9/c1-20-9-8-14-40(34(46)21(20)2)37(5,47)33-28(49-40)18-39(48)23-16-26(43)30-29(22-10-11-24(41)25(42)15-22)31(45)27(44)17-35(30,3)32(23)38(12-6-7-13-38)19-36(33,39)4/h10-11,15-16,20-21,27-34,41-42,44-48H,6-9,12-14,17-19H2,1-5H3/t20-,21-,27-,28-,29+,30-,31-,32+,33+,34-,35-,36+,37+,39-,40-/m0/s1. The minimum absolute atomic E-state index is 0.0662. The SMILES string of the molecule is C[C@H]1[C@@H](C)CCC[C@]2(O[C@H]3C[C@]4(O)C5=CC(=O)[C@H]6[C@@H](c7ccc(O)c(O)c7)[C@@H](O)[C@@H](O)C[C@]6(C)[C@@H]5C5(CCCC5)C[C@]4(C)[C@@H]3[C@@]2(C)O)[C@H]1O. The van der Waals surface area contributed by atoms with Crippen LogP contribution in [0.2, 0.25) is 0 Å². The van der Waals surface area contributed by atoms with Gasteiger partial charge in [-0.25, -0.2) is 0 Å². The molecule has 9 heteroatoms. The Hall–Kier alpha value is -2.01. The summed E-state index contributed by atoms with van der Waals surface area (Å²) in [5.41, 5.74) is -4.97. The fourth-order valence-corrected chi connectivity index (χ4v) is 14.2. The maximum absolute atomic E-state index is 14.7. The summed E-state index contributed by atoms with van der Waals surface area (Å²) < 4.78 is 6.99. The van der Waals surface area contributed by atoms with Crippen LogP contribution in [0.25, 0.3) is 0 Å². The molecule has 270 valence electrons. The summed E-state index contributed by atoms with van der Waals surface area (Å²) in [5, 5.41) is 81.6. The zero-order valence-electron chi connectivity index (χ0n) is 29.6. The summed E-state index contributed by atoms with van der Waals surface area (Å²) in [4.78, 5) is 14.7. The first-order valence-corrected chi connectivity index (χ1v) is 18.8. The second-order valence-electron chi connectivity index (χ2n) is 18.5. The van der Waals surface area contributed by atoms with Crippen molar-refractivity contribution >= 4 is 5.78 Å². The number of fused-ring (bicyclic) bond motifs is 8. The molecular weight excluding hydrogens is 624 g/mol. The number of phenolic OH excluding ortho intramolecular Hbond substituents is 2. The first-order valence-electron chi connectivity index (χ1n) is 18.8. The first-order chi connectivity index (χ1) is 22.9. The van der Waals surface area contributed by atoms with Crippen LogP contribution in [-0.2, 0) is 9.53 Å². The van der Waals surface area contributed by atoms with Crippen LogP contribution in [-0.4, -0.2) is 82.7 Å². The number of rotatable bonds is 1. The number of ketones is 1. The lowest BCUT2D eigenvalue weighted by atomic mass is 9.37. The first kappa shape index (κ1) is 34.1. The highest BCUT2D eigenvalue weighted by Crippen LogP contribution is 2.78. The van der Waals surface area contributed by atoms with Crippen LogP contribution in [0.5, 0.6) is 11.5 Å². The number of carbonyl (C=O) groups excluding carboxylic acids is 1. The predicted molar refractivity (Wildman–Crippen MR) is 180 cm³/mol. The minimum atomic E-state index is -1.47. The summed E-state index contributed by atoms with van der Waals surface area (Å²) in [7, 11) is 0. The van der Waals surface area contributed by atoms with Crippen LogP contribution in [0.15, 0.2) is 29.8 Å². The summed E-state index contributed by atoms with van der Waals surface area (Å²) in [6.45, 7) is 10.1. The fraction of sp³-hybridized carbons (Fsp3) is 0.775. The van der Waals surface area contributed by atoms with Crippen LogP contribution in [0.1, 0.15) is 110 Å². The van der Waals surface area contributed by atoms with Gasteiger partial charge in [-0.1, -0.05) is 59.4 Å². The van der Waals surface area contributed by atoms with E-state index in [9.17, 15) is 40.5 Å². The van der Waals surface area contributed by atoms with E-state index in [1.54, 1.807) is 12.1 Å². The number of benzene rings is 1. The molecule has 0 amide bonds. The molecule has 1 aromatic rings. The number of allylic oxidation sites excluding steroid dienone is 1. The van der Waals surface area contributed by atoms with Gasteiger partial charge in [0.25, 0.3) is 0 Å². The van der Waals surface area contributed by atoms with E-state index in [1.807, 2.05) is 20.8 Å². The lowest BCUT2D eigenvalue weighted by Crippen LogP contribution is -2.69. The number of aliphatic hydroxyl groups excluding tert-OH is 3. The third kappa shape index (κ3) is 4.06. The van der Waals surface area contributed by atoms with Crippen LogP contribution < -0.4 is 0 Å². The number of ether oxygens (including phenoxy) is 1. The molecule has 9 nitrogen and oxygen atoms in total. The van der Waals surface area contributed by atoms with Gasteiger partial charge in [-0.05, 0) is 97.0 Å². The Bertz CT molecular complexity index is 1580. The summed E-state index contributed by atoms with van der Waals surface area (Å²) >= 11 is 0. The van der Waals surface area contributed by atoms with Crippen molar-refractivity contribution in [2.24, 2.45) is 45.8 Å². The normalized spacial score (nSPS) is 53.1. The fourth-order valence-electron chi connectivity index (χ4n) is 14.2. The van der Waals surface area contributed by atoms with Crippen LogP contribution >= 0.6 is 0 Å². The summed E-state index contributed by atoms with van der Waals surface area (Å²) in [5.74, 6) is -3.00. The molecule has 0 unspecified atom stereocenters. The second-order valence-corrected chi connectivity index (χ2v) is 18.5. The van der Waals surface area contributed by atoms with Crippen molar-refractivity contribution < 1.29 is 45.3 Å². The highest BCUT2D eigenvalue weighted by atomic mass is 16.6. The Morgan fingerprint density at radius 3 is 2.27 bits per heavy atom. The van der Waals surface area contributed by atoms with Gasteiger partial charge in [0.1, 0.15) is 5.60 Å². The van der Waals surface area contributed by atoms with Crippen LogP contribution in [0, 0.1) is 45.8 Å². The van der Waals surface area contributed by atoms with Crippen molar-refractivity contribution in [1.29, 1.82) is 0 Å². The zero-order chi connectivity index (χ0) is 35.3. The van der Waals surface area contributed by atoms with E-state index >= 15 is 0 Å². The predicted octanol–water partition coefficient (Wildman–Crippen LogP) is 4.48. The lowest BCUT2D eigenvalue weighted by Gasteiger charge is -2.67. The van der Waals surface area contributed by atoms with Crippen molar-refractivity contribution in [3.05, 3.63) is 35.4 Å². The molecule has 1 saturated heterocycles. The van der Waals surface area contributed by atoms with Gasteiger partial charge in [0.15, 0.2) is 17.3 Å². The molecule has 0 radical (unpaired) electrons. The van der Waals surface area contributed by atoms with E-state index in [4.69, 9.17) is 4.74 Å². The van der Waals surface area contributed by atoms with Crippen molar-refractivity contribution in [3.8, 4) is 11.5 Å². The second kappa shape index (κ2) is 10.5. The van der Waals surface area contributed by atoms with Crippen molar-refractivity contribution in [1.82, 2.24) is 0 Å². The van der Waals surface area contributed by atoms with Gasteiger partial charge in [0.2, 0.25) is 0 Å². The average Bonchev–Trinajstić information content (AvgIpc) is 3.61. The highest BCUT2D eigenvalue weighted by molar-refractivity contribution is 5.96. The molecule has 2 spiro atoms. The molecule has 5 saturated carbocycles. The third-order valence-electron chi connectivity index (χ3n) is 16.3. The lowest BCUT2D eigenvalue weighted by molar-refractivity contribution is -0.232. The van der Waals surface area contributed by atoms with Crippen molar-refractivity contribution in [2.75, 3.05) is 0 Å². The van der Waals surface area contributed by atoms with E-state index in [2.05, 4.69) is 13.8 Å². The smallest absolute Gasteiger partial charge is 0.160 e. The molecule has 6 fully saturated rings. The van der Waals surface area contributed by atoms with Gasteiger partial charge in [0, 0.05) is 29.6 Å². The van der Waals surface area contributed by atoms with Crippen LogP contribution in [0.3, 0.4) is 0 Å². The maximum Gasteiger partial charge on any atom is 0.160 e. The molecule has 0 bridgehead atoms. The Kier molecular flexibility index (Phi) is 7.33. The monoisotopic (exact) mass is 680 g/mol. The van der Waals surface area contributed by atoms with Gasteiger partial charge in [0.05, 0.1) is 35.6 Å². The Morgan fingerprint density at radius 2 is 1.59 bits per heavy atom. The van der Waals surface area contributed by atoms with Crippen LogP contribution in [0.4, 0.5) is 0 Å². The van der Waals surface area contributed by atoms with Gasteiger partial charge in [-0.2, -0.15) is 0 Å². The average molecular weight is 681 g/mol. The topological polar surface area (TPSA) is 168 Å². The number of hydrogen-bond acceptors (Lipinski definition) is 9. The van der Waals surface area contributed by atoms with Crippen molar-refractivity contribution in [3.63, 3.8) is 0 Å². The number of phenols is 2. The van der Waals surface area contributed by atoms with E-state index in [0.717, 1.165) is 38.5 Å². The number of hydrogen-bond donors (Lipinski definition) is 7. The van der Waals surface area contributed by atoms with E-state index in [-0.39, 0.29) is 53.3 Å². The number of carbonyl (C=O) groups is 1. The molecule has 7 aliphatic rings. The molecule has 49 heavy (non-hydrogen) atoms. The maximum atomic E-state index is 14.7. The molecule has 6 aliphatic carbocycles. The van der Waals surface area contributed by atoms with Gasteiger partial charge >= 0.3 is 0 Å². The number of aromatic hydroxyl groups is 2.